The second-order valence-electron chi connectivity index (χ2n) is 2.84. The molecule has 0 unspecified atom stereocenters. The van der Waals surface area contributed by atoms with Gasteiger partial charge in [0.1, 0.15) is 5.65 Å². The molecule has 0 saturated carbocycles. The summed E-state index contributed by atoms with van der Waals surface area (Å²) in [5, 5.41) is 9.38. The zero-order valence-electron chi connectivity index (χ0n) is 7.22. The van der Waals surface area contributed by atoms with E-state index in [4.69, 9.17) is 0 Å². The number of sulfone groups is 1. The van der Waals surface area contributed by atoms with Gasteiger partial charge in [-0.2, -0.15) is 9.97 Å². The molecule has 74 valence electrons. The molecule has 0 aliphatic carbocycles. The maximum Gasteiger partial charge on any atom is 0.252 e. The van der Waals surface area contributed by atoms with E-state index in [1.165, 1.54) is 0 Å². The molecular formula is C7H7N3O3S. The van der Waals surface area contributed by atoms with Gasteiger partial charge in [-0.1, -0.05) is 0 Å². The molecule has 0 radical (unpaired) electrons. The zero-order valence-corrected chi connectivity index (χ0v) is 8.04. The lowest BCUT2D eigenvalue weighted by molar-refractivity contribution is 0.451. The summed E-state index contributed by atoms with van der Waals surface area (Å²) in [7, 11) is -3.50. The summed E-state index contributed by atoms with van der Waals surface area (Å²) in [5.41, 5.74) is 0.304. The number of nitrogens with one attached hydrogen (secondary N) is 1. The molecule has 2 rings (SSSR count). The van der Waals surface area contributed by atoms with Crippen molar-refractivity contribution in [3.8, 4) is 5.88 Å². The van der Waals surface area contributed by atoms with E-state index in [-0.39, 0.29) is 11.0 Å². The second-order valence-corrected chi connectivity index (χ2v) is 4.75. The van der Waals surface area contributed by atoms with Gasteiger partial charge in [0, 0.05) is 12.5 Å². The molecule has 2 aromatic heterocycles. The fourth-order valence-corrected chi connectivity index (χ4v) is 1.58. The summed E-state index contributed by atoms with van der Waals surface area (Å²) in [6.07, 6.45) is 2.53. The fraction of sp³-hybridized carbons (Fsp3) is 0.143. The Morgan fingerprint density at radius 3 is 2.79 bits per heavy atom. The molecule has 2 N–H and O–H groups in total. The van der Waals surface area contributed by atoms with Gasteiger partial charge in [0.2, 0.25) is 15.7 Å². The SMILES string of the molecule is CS(=O)(=O)c1nc(O)c2cc[nH]c2n1. The molecule has 0 aliphatic rings. The number of aromatic hydroxyl groups is 1. The number of aromatic amines is 1. The van der Waals surface area contributed by atoms with Crippen molar-refractivity contribution in [3.05, 3.63) is 12.3 Å². The lowest BCUT2D eigenvalue weighted by Crippen LogP contribution is -2.03. The third-order valence-corrected chi connectivity index (χ3v) is 2.55. The van der Waals surface area contributed by atoms with Crippen molar-refractivity contribution in [2.45, 2.75) is 5.16 Å². The van der Waals surface area contributed by atoms with Crippen molar-refractivity contribution in [2.24, 2.45) is 0 Å². The number of hydrogen-bond donors (Lipinski definition) is 2. The van der Waals surface area contributed by atoms with Crippen molar-refractivity contribution in [1.82, 2.24) is 15.0 Å². The number of hydrogen-bond acceptors (Lipinski definition) is 5. The van der Waals surface area contributed by atoms with E-state index in [1.54, 1.807) is 12.3 Å². The smallest absolute Gasteiger partial charge is 0.252 e. The van der Waals surface area contributed by atoms with Crippen LogP contribution in [-0.4, -0.2) is 34.7 Å². The average Bonchev–Trinajstić information content (AvgIpc) is 2.50. The topological polar surface area (TPSA) is 95.9 Å². The second kappa shape index (κ2) is 2.68. The molecule has 2 heterocycles. The molecule has 0 aromatic carbocycles. The van der Waals surface area contributed by atoms with Gasteiger partial charge < -0.3 is 10.1 Å². The molecule has 0 atom stereocenters. The van der Waals surface area contributed by atoms with Crippen LogP contribution in [0.25, 0.3) is 11.0 Å². The van der Waals surface area contributed by atoms with Crippen LogP contribution >= 0.6 is 0 Å². The van der Waals surface area contributed by atoms with E-state index in [9.17, 15) is 13.5 Å². The van der Waals surface area contributed by atoms with Crippen LogP contribution in [0.15, 0.2) is 17.4 Å². The highest BCUT2D eigenvalue weighted by Crippen LogP contribution is 2.20. The Hall–Kier alpha value is -1.63. The van der Waals surface area contributed by atoms with Gasteiger partial charge >= 0.3 is 0 Å². The molecule has 0 bridgehead atoms. The molecule has 6 nitrogen and oxygen atoms in total. The van der Waals surface area contributed by atoms with Gasteiger partial charge in [0.05, 0.1) is 5.39 Å². The molecule has 0 spiro atoms. The average molecular weight is 213 g/mol. The summed E-state index contributed by atoms with van der Waals surface area (Å²) in [5.74, 6) is -0.336. The third-order valence-electron chi connectivity index (χ3n) is 1.71. The molecule has 0 amide bonds. The number of nitrogens with zero attached hydrogens (tertiary/aromatic N) is 2. The van der Waals surface area contributed by atoms with Crippen LogP contribution in [0, 0.1) is 0 Å². The summed E-state index contributed by atoms with van der Waals surface area (Å²) in [4.78, 5) is 9.93. The highest BCUT2D eigenvalue weighted by atomic mass is 32.2. The summed E-state index contributed by atoms with van der Waals surface area (Å²) in [6, 6.07) is 1.57. The van der Waals surface area contributed by atoms with E-state index in [0.29, 0.717) is 11.0 Å². The molecule has 7 heteroatoms. The predicted octanol–water partition coefficient (Wildman–Crippen LogP) is 0.0670. The third kappa shape index (κ3) is 1.31. The lowest BCUT2D eigenvalue weighted by Gasteiger charge is -1.98. The van der Waals surface area contributed by atoms with E-state index >= 15 is 0 Å². The Balaban J connectivity index is 2.83. The molecule has 0 saturated heterocycles. The summed E-state index contributed by atoms with van der Waals surface area (Å²) < 4.78 is 22.2. The summed E-state index contributed by atoms with van der Waals surface area (Å²) >= 11 is 0. The first kappa shape index (κ1) is 8.95. The van der Waals surface area contributed by atoms with Gasteiger partial charge in [-0.3, -0.25) is 0 Å². The standard InChI is InChI=1S/C7H7N3O3S/c1-14(12,13)7-9-5-4(2-3-8-5)6(11)10-7/h2-3H,1H3,(H2,8,9,10,11). The van der Waals surface area contributed by atoms with Gasteiger partial charge in [-0.15, -0.1) is 0 Å². The van der Waals surface area contributed by atoms with Crippen molar-refractivity contribution >= 4 is 20.9 Å². The van der Waals surface area contributed by atoms with Crippen LogP contribution in [-0.2, 0) is 9.84 Å². The van der Waals surface area contributed by atoms with E-state index in [0.717, 1.165) is 6.26 Å². The monoisotopic (exact) mass is 213 g/mol. The number of fused-ring (bicyclic) bond motifs is 1. The first-order chi connectivity index (χ1) is 6.48. The quantitative estimate of drug-likeness (QED) is 0.653. The van der Waals surface area contributed by atoms with E-state index in [1.807, 2.05) is 0 Å². The van der Waals surface area contributed by atoms with Crippen LogP contribution in [0.1, 0.15) is 0 Å². The molecule has 14 heavy (non-hydrogen) atoms. The highest BCUT2D eigenvalue weighted by molar-refractivity contribution is 7.90. The minimum Gasteiger partial charge on any atom is -0.493 e. The van der Waals surface area contributed by atoms with Crippen LogP contribution in [0.2, 0.25) is 0 Å². The summed E-state index contributed by atoms with van der Waals surface area (Å²) in [6.45, 7) is 0. The van der Waals surface area contributed by atoms with Crippen molar-refractivity contribution in [3.63, 3.8) is 0 Å². The number of aromatic nitrogens is 3. The predicted molar refractivity (Wildman–Crippen MR) is 48.7 cm³/mol. The molecule has 0 aliphatic heterocycles. The fourth-order valence-electron chi connectivity index (χ4n) is 1.07. The zero-order chi connectivity index (χ0) is 10.3. The first-order valence-corrected chi connectivity index (χ1v) is 5.62. The molecular weight excluding hydrogens is 206 g/mol. The Morgan fingerprint density at radius 1 is 1.43 bits per heavy atom. The number of rotatable bonds is 1. The van der Waals surface area contributed by atoms with Crippen molar-refractivity contribution < 1.29 is 13.5 Å². The Morgan fingerprint density at radius 2 is 2.14 bits per heavy atom. The normalized spacial score (nSPS) is 12.1. The van der Waals surface area contributed by atoms with E-state index < -0.39 is 9.84 Å². The first-order valence-electron chi connectivity index (χ1n) is 3.72. The maximum absolute atomic E-state index is 11.1. The minimum atomic E-state index is -3.50. The van der Waals surface area contributed by atoms with Crippen LogP contribution in [0.4, 0.5) is 0 Å². The Kier molecular flexibility index (Phi) is 1.71. The maximum atomic E-state index is 11.1. The van der Waals surface area contributed by atoms with E-state index in [2.05, 4.69) is 15.0 Å². The highest BCUT2D eigenvalue weighted by Gasteiger charge is 2.15. The largest absolute Gasteiger partial charge is 0.493 e. The van der Waals surface area contributed by atoms with Crippen LogP contribution in [0.5, 0.6) is 5.88 Å². The van der Waals surface area contributed by atoms with Crippen molar-refractivity contribution in [1.29, 1.82) is 0 Å². The van der Waals surface area contributed by atoms with Crippen LogP contribution in [0.3, 0.4) is 0 Å². The van der Waals surface area contributed by atoms with Gasteiger partial charge in [0.25, 0.3) is 5.16 Å². The minimum absolute atomic E-state index is 0.304. The van der Waals surface area contributed by atoms with Gasteiger partial charge in [-0.25, -0.2) is 8.42 Å². The Labute approximate surface area is 79.5 Å². The molecule has 0 fully saturated rings. The lowest BCUT2D eigenvalue weighted by atomic mass is 10.4. The van der Waals surface area contributed by atoms with Crippen molar-refractivity contribution in [2.75, 3.05) is 6.26 Å². The molecule has 2 aromatic rings. The number of H-pyrrole nitrogens is 1. The van der Waals surface area contributed by atoms with Crippen LogP contribution < -0.4 is 0 Å². The Bertz CT molecular complexity index is 587. The van der Waals surface area contributed by atoms with Gasteiger partial charge in [0.15, 0.2) is 0 Å². The van der Waals surface area contributed by atoms with Gasteiger partial charge in [-0.05, 0) is 6.07 Å².